The van der Waals surface area contributed by atoms with Crippen molar-refractivity contribution in [3.8, 4) is 0 Å². The molecule has 1 saturated heterocycles. The van der Waals surface area contributed by atoms with Gasteiger partial charge in [0.2, 0.25) is 0 Å². The van der Waals surface area contributed by atoms with Crippen molar-refractivity contribution in [2.24, 2.45) is 11.5 Å². The molecule has 1 rings (SSSR count). The average Bonchev–Trinajstić information content (AvgIpc) is 1.85. The van der Waals surface area contributed by atoms with Crippen molar-refractivity contribution in [3.63, 3.8) is 0 Å². The first-order valence-corrected chi connectivity index (χ1v) is 3.66. The van der Waals surface area contributed by atoms with E-state index in [0.29, 0.717) is 0 Å². The molecule has 0 radical (unpaired) electrons. The normalized spacial score (nSPS) is 36.3. The van der Waals surface area contributed by atoms with Crippen LogP contribution in [0.5, 0.6) is 0 Å². The minimum Gasteiger partial charge on any atom is -0.326 e. The van der Waals surface area contributed by atoms with Gasteiger partial charge in [0.25, 0.3) is 0 Å². The molecule has 1 aliphatic rings. The number of hydrogen-bond acceptors (Lipinski definition) is 4. The lowest BCUT2D eigenvalue weighted by Crippen LogP contribution is -2.55. The summed E-state index contributed by atoms with van der Waals surface area (Å²) in [5.41, 5.74) is 14.5. The molecule has 0 spiro atoms. The number of hydrazine groups is 1. The Hall–Kier alpha value is -0.160. The predicted octanol–water partition coefficient (Wildman–Crippen LogP) is -1.52. The number of rotatable bonds is 1. The summed E-state index contributed by atoms with van der Waals surface area (Å²) in [6, 6.07) is 0.465. The Kier molecular flexibility index (Phi) is 2.62. The van der Waals surface area contributed by atoms with Gasteiger partial charge in [0.1, 0.15) is 0 Å². The Morgan fingerprint density at radius 3 is 2.20 bits per heavy atom. The average molecular weight is 144 g/mol. The first kappa shape index (κ1) is 7.94. The summed E-state index contributed by atoms with van der Waals surface area (Å²) < 4.78 is 0. The third-order valence-electron chi connectivity index (χ3n) is 1.83. The molecular weight excluding hydrogens is 128 g/mol. The van der Waals surface area contributed by atoms with Gasteiger partial charge >= 0.3 is 0 Å². The molecule has 4 heteroatoms. The first-order chi connectivity index (χ1) is 4.72. The van der Waals surface area contributed by atoms with Crippen molar-refractivity contribution in [1.82, 2.24) is 10.4 Å². The monoisotopic (exact) mass is 144 g/mol. The van der Waals surface area contributed by atoms with Gasteiger partial charge in [-0.1, -0.05) is 0 Å². The van der Waals surface area contributed by atoms with E-state index in [1.54, 1.807) is 0 Å². The summed E-state index contributed by atoms with van der Waals surface area (Å²) in [4.78, 5) is 0. The molecular formula is C6H16N4. The van der Waals surface area contributed by atoms with Crippen molar-refractivity contribution in [3.05, 3.63) is 0 Å². The molecule has 0 aromatic carbocycles. The van der Waals surface area contributed by atoms with Crippen molar-refractivity contribution in [2.45, 2.75) is 18.5 Å². The second-order valence-corrected chi connectivity index (χ2v) is 2.88. The summed E-state index contributed by atoms with van der Waals surface area (Å²) in [6.45, 7) is 1.81. The van der Waals surface area contributed by atoms with E-state index < -0.39 is 0 Å². The first-order valence-electron chi connectivity index (χ1n) is 3.66. The van der Waals surface area contributed by atoms with Crippen LogP contribution in [0.4, 0.5) is 0 Å². The van der Waals surface area contributed by atoms with E-state index in [1.165, 1.54) is 0 Å². The molecule has 60 valence electrons. The van der Waals surface area contributed by atoms with Crippen LogP contribution >= 0.6 is 0 Å². The summed E-state index contributed by atoms with van der Waals surface area (Å²) in [6.07, 6.45) is 0.943. The highest BCUT2D eigenvalue weighted by Gasteiger charge is 2.20. The van der Waals surface area contributed by atoms with Gasteiger partial charge in [-0.05, 0) is 13.5 Å². The molecule has 2 atom stereocenters. The highest BCUT2D eigenvalue weighted by atomic mass is 15.5. The maximum Gasteiger partial charge on any atom is 0.0284 e. The van der Waals surface area contributed by atoms with E-state index in [9.17, 15) is 0 Å². The highest BCUT2D eigenvalue weighted by molar-refractivity contribution is 4.80. The number of nitrogens with two attached hydrogens (primary N) is 2. The topological polar surface area (TPSA) is 67.3 Å². The summed E-state index contributed by atoms with van der Waals surface area (Å²) in [5, 5.41) is 2.05. The van der Waals surface area contributed by atoms with Gasteiger partial charge in [-0.2, -0.15) is 0 Å². The minimum absolute atomic E-state index is 0.233. The number of hydrogen-bond donors (Lipinski definition) is 3. The quantitative estimate of drug-likeness (QED) is 0.418. The van der Waals surface area contributed by atoms with E-state index in [4.69, 9.17) is 11.5 Å². The molecule has 0 unspecified atom stereocenters. The van der Waals surface area contributed by atoms with Gasteiger partial charge in [0.05, 0.1) is 0 Å². The van der Waals surface area contributed by atoms with Gasteiger partial charge < -0.3 is 11.5 Å². The Morgan fingerprint density at radius 2 is 1.80 bits per heavy atom. The number of nitrogens with zero attached hydrogens (tertiary/aromatic N) is 1. The molecule has 4 nitrogen and oxygen atoms in total. The summed E-state index contributed by atoms with van der Waals surface area (Å²) >= 11 is 0. The maximum absolute atomic E-state index is 5.73. The molecule has 1 heterocycles. The van der Waals surface area contributed by atoms with Crippen molar-refractivity contribution >= 4 is 0 Å². The van der Waals surface area contributed by atoms with Crippen LogP contribution in [0, 0.1) is 0 Å². The van der Waals surface area contributed by atoms with Crippen molar-refractivity contribution in [1.29, 1.82) is 0 Å². The molecule has 5 N–H and O–H groups in total. The molecule has 0 aliphatic carbocycles. The van der Waals surface area contributed by atoms with Crippen LogP contribution in [-0.2, 0) is 0 Å². The largest absolute Gasteiger partial charge is 0.326 e. The third-order valence-corrected chi connectivity index (χ3v) is 1.83. The fraction of sp³-hybridized carbons (Fsp3) is 1.00. The van der Waals surface area contributed by atoms with Crippen molar-refractivity contribution in [2.75, 3.05) is 20.1 Å². The molecule has 0 bridgehead atoms. The standard InChI is InChI=1S/C6H16N4/c1-9-10-3-5(7)2-6(8)4-10/h5-6,9H,2-4,7-8H2,1H3/t5-,6-/m0/s1. The zero-order valence-corrected chi connectivity index (χ0v) is 6.38. The van der Waals surface area contributed by atoms with Gasteiger partial charge in [0.15, 0.2) is 0 Å². The van der Waals surface area contributed by atoms with E-state index in [-0.39, 0.29) is 12.1 Å². The van der Waals surface area contributed by atoms with Crippen LogP contribution in [0.3, 0.4) is 0 Å². The van der Waals surface area contributed by atoms with Gasteiger partial charge in [-0.3, -0.25) is 5.43 Å². The lowest BCUT2D eigenvalue weighted by Gasteiger charge is -2.33. The number of piperidine rings is 1. The van der Waals surface area contributed by atoms with E-state index in [2.05, 4.69) is 10.4 Å². The maximum atomic E-state index is 5.73. The Morgan fingerprint density at radius 1 is 1.30 bits per heavy atom. The molecule has 0 aromatic heterocycles. The minimum atomic E-state index is 0.233. The second-order valence-electron chi connectivity index (χ2n) is 2.88. The van der Waals surface area contributed by atoms with Gasteiger partial charge in [-0.15, -0.1) is 0 Å². The van der Waals surface area contributed by atoms with E-state index in [0.717, 1.165) is 19.5 Å². The Balaban J connectivity index is 2.35. The predicted molar refractivity (Wildman–Crippen MR) is 41.2 cm³/mol. The SMILES string of the molecule is CNN1C[C@@H](N)C[C@H](N)C1. The fourth-order valence-electron chi connectivity index (χ4n) is 1.36. The lowest BCUT2D eigenvalue weighted by molar-refractivity contribution is 0.141. The number of nitrogens with one attached hydrogen (secondary N) is 1. The van der Waals surface area contributed by atoms with Crippen LogP contribution in [0.1, 0.15) is 6.42 Å². The molecule has 1 aliphatic heterocycles. The Bertz CT molecular complexity index is 95.9. The summed E-state index contributed by atoms with van der Waals surface area (Å²) in [7, 11) is 1.89. The van der Waals surface area contributed by atoms with Gasteiger partial charge in [-0.25, -0.2) is 5.01 Å². The molecule has 0 saturated carbocycles. The smallest absolute Gasteiger partial charge is 0.0284 e. The third kappa shape index (κ3) is 1.91. The molecule has 10 heavy (non-hydrogen) atoms. The van der Waals surface area contributed by atoms with Gasteiger partial charge in [0, 0.05) is 25.2 Å². The molecule has 1 fully saturated rings. The summed E-state index contributed by atoms with van der Waals surface area (Å²) in [5.74, 6) is 0. The van der Waals surface area contributed by atoms with Crippen LogP contribution in [0.15, 0.2) is 0 Å². The van der Waals surface area contributed by atoms with E-state index >= 15 is 0 Å². The zero-order valence-electron chi connectivity index (χ0n) is 6.38. The van der Waals surface area contributed by atoms with Crippen molar-refractivity contribution < 1.29 is 0 Å². The lowest BCUT2D eigenvalue weighted by atomic mass is 10.0. The second kappa shape index (κ2) is 3.30. The molecule has 0 amide bonds. The van der Waals surface area contributed by atoms with Crippen LogP contribution in [-0.4, -0.2) is 37.2 Å². The van der Waals surface area contributed by atoms with Crippen LogP contribution in [0.25, 0.3) is 0 Å². The van der Waals surface area contributed by atoms with Crippen LogP contribution in [0.2, 0.25) is 0 Å². The fourth-order valence-corrected chi connectivity index (χ4v) is 1.36. The highest BCUT2D eigenvalue weighted by Crippen LogP contribution is 2.03. The van der Waals surface area contributed by atoms with Crippen LogP contribution < -0.4 is 16.9 Å². The molecule has 0 aromatic rings. The Labute approximate surface area is 61.5 Å². The van der Waals surface area contributed by atoms with E-state index in [1.807, 2.05) is 7.05 Å². The zero-order chi connectivity index (χ0) is 7.56.